The first-order valence-electron chi connectivity index (χ1n) is 5.65. The predicted molar refractivity (Wildman–Crippen MR) is 78.8 cm³/mol. The van der Waals surface area contributed by atoms with E-state index in [0.717, 1.165) is 17.0 Å². The van der Waals surface area contributed by atoms with E-state index in [4.69, 9.17) is 5.73 Å². The highest BCUT2D eigenvalue weighted by Crippen LogP contribution is 2.16. The third kappa shape index (κ3) is 3.99. The minimum atomic E-state index is -0.183. The molecule has 0 spiro atoms. The second kappa shape index (κ2) is 7.18. The number of hydrogen-bond acceptors (Lipinski definition) is 5. The molecule has 0 radical (unpaired) electrons. The van der Waals surface area contributed by atoms with Crippen molar-refractivity contribution in [2.45, 2.75) is 19.9 Å². The second-order valence-corrected chi connectivity index (χ2v) is 4.77. The van der Waals surface area contributed by atoms with Crippen LogP contribution >= 0.6 is 23.7 Å². The Balaban J connectivity index is 0.00000180. The summed E-state index contributed by atoms with van der Waals surface area (Å²) >= 11 is 1.39. The van der Waals surface area contributed by atoms with E-state index in [1.165, 1.54) is 11.3 Å². The van der Waals surface area contributed by atoms with Crippen LogP contribution in [-0.2, 0) is 13.0 Å². The van der Waals surface area contributed by atoms with Gasteiger partial charge in [0.2, 0.25) is 5.13 Å². The van der Waals surface area contributed by atoms with Gasteiger partial charge in [0.25, 0.3) is 5.91 Å². The lowest BCUT2D eigenvalue weighted by Gasteiger charge is -2.02. The van der Waals surface area contributed by atoms with Gasteiger partial charge in [-0.2, -0.15) is 0 Å². The van der Waals surface area contributed by atoms with Gasteiger partial charge in [0, 0.05) is 12.1 Å². The SMILES string of the molecule is CCc1nnc(NC(=O)c2ccc(CN)cc2)s1.Cl. The Morgan fingerprint density at radius 3 is 2.53 bits per heavy atom. The number of carbonyl (C=O) groups excluding carboxylic acids is 1. The van der Waals surface area contributed by atoms with E-state index in [-0.39, 0.29) is 18.3 Å². The average molecular weight is 299 g/mol. The monoisotopic (exact) mass is 298 g/mol. The standard InChI is InChI=1S/C12H14N4OS.ClH/c1-2-10-15-16-12(18-10)14-11(17)9-5-3-8(7-13)4-6-9;/h3-6H,2,7,13H2,1H3,(H,14,16,17);1H. The van der Waals surface area contributed by atoms with Gasteiger partial charge < -0.3 is 5.73 Å². The number of nitrogens with zero attached hydrogens (tertiary/aromatic N) is 2. The minimum absolute atomic E-state index is 0. The average Bonchev–Trinajstić information content (AvgIpc) is 2.86. The van der Waals surface area contributed by atoms with E-state index < -0.39 is 0 Å². The topological polar surface area (TPSA) is 80.9 Å². The van der Waals surface area contributed by atoms with Crippen LogP contribution in [0.5, 0.6) is 0 Å². The number of aromatic nitrogens is 2. The van der Waals surface area contributed by atoms with Gasteiger partial charge in [0.05, 0.1) is 0 Å². The maximum absolute atomic E-state index is 11.9. The molecule has 2 rings (SSSR count). The zero-order valence-corrected chi connectivity index (χ0v) is 12.1. The Morgan fingerprint density at radius 1 is 1.32 bits per heavy atom. The molecule has 0 unspecified atom stereocenters. The highest BCUT2D eigenvalue weighted by atomic mass is 35.5. The van der Waals surface area contributed by atoms with Crippen molar-refractivity contribution in [2.75, 3.05) is 5.32 Å². The van der Waals surface area contributed by atoms with Gasteiger partial charge in [0.1, 0.15) is 5.01 Å². The van der Waals surface area contributed by atoms with Gasteiger partial charge in [-0.1, -0.05) is 30.4 Å². The predicted octanol–water partition coefficient (Wildman–Crippen LogP) is 2.23. The van der Waals surface area contributed by atoms with Gasteiger partial charge in [-0.25, -0.2) is 0 Å². The number of benzene rings is 1. The van der Waals surface area contributed by atoms with Crippen molar-refractivity contribution in [1.29, 1.82) is 0 Å². The molecule has 0 aliphatic rings. The van der Waals surface area contributed by atoms with E-state index >= 15 is 0 Å². The number of anilines is 1. The summed E-state index contributed by atoms with van der Waals surface area (Å²) in [7, 11) is 0. The fraction of sp³-hybridized carbons (Fsp3) is 0.250. The molecule has 1 heterocycles. The van der Waals surface area contributed by atoms with Crippen molar-refractivity contribution < 1.29 is 4.79 Å². The number of carbonyl (C=O) groups is 1. The van der Waals surface area contributed by atoms with E-state index in [1.807, 2.05) is 19.1 Å². The summed E-state index contributed by atoms with van der Waals surface area (Å²) in [5, 5.41) is 12.0. The molecule has 0 saturated heterocycles. The lowest BCUT2D eigenvalue weighted by atomic mass is 10.1. The van der Waals surface area contributed by atoms with Crippen molar-refractivity contribution in [1.82, 2.24) is 10.2 Å². The van der Waals surface area contributed by atoms with E-state index in [0.29, 0.717) is 17.2 Å². The third-order valence-corrected chi connectivity index (χ3v) is 3.42. The number of nitrogens with two attached hydrogens (primary N) is 1. The summed E-state index contributed by atoms with van der Waals surface area (Å²) < 4.78 is 0. The lowest BCUT2D eigenvalue weighted by Crippen LogP contribution is -2.11. The fourth-order valence-electron chi connectivity index (χ4n) is 1.41. The number of halogens is 1. The Hall–Kier alpha value is -1.50. The van der Waals surface area contributed by atoms with Crippen LogP contribution in [0.25, 0.3) is 0 Å². The van der Waals surface area contributed by atoms with Crippen LogP contribution in [0, 0.1) is 0 Å². The second-order valence-electron chi connectivity index (χ2n) is 3.71. The van der Waals surface area contributed by atoms with Crippen LogP contribution in [0.15, 0.2) is 24.3 Å². The number of nitrogens with one attached hydrogen (secondary N) is 1. The van der Waals surface area contributed by atoms with Crippen LogP contribution in [0.2, 0.25) is 0 Å². The Kier molecular flexibility index (Phi) is 5.88. The molecule has 0 saturated carbocycles. The first-order valence-corrected chi connectivity index (χ1v) is 6.47. The fourth-order valence-corrected chi connectivity index (χ4v) is 2.08. The van der Waals surface area contributed by atoms with E-state index in [9.17, 15) is 4.79 Å². The summed E-state index contributed by atoms with van der Waals surface area (Å²) in [6.45, 7) is 2.47. The largest absolute Gasteiger partial charge is 0.326 e. The van der Waals surface area contributed by atoms with Crippen molar-refractivity contribution in [3.8, 4) is 0 Å². The molecule has 0 aliphatic carbocycles. The summed E-state index contributed by atoms with van der Waals surface area (Å²) in [5.41, 5.74) is 7.08. The molecule has 2 aromatic rings. The van der Waals surface area contributed by atoms with Crippen molar-refractivity contribution >= 4 is 34.8 Å². The maximum Gasteiger partial charge on any atom is 0.257 e. The molecular formula is C12H15ClN4OS. The molecule has 3 N–H and O–H groups in total. The Morgan fingerprint density at radius 2 is 2.00 bits per heavy atom. The lowest BCUT2D eigenvalue weighted by molar-refractivity contribution is 0.102. The van der Waals surface area contributed by atoms with E-state index in [1.54, 1.807) is 12.1 Å². The smallest absolute Gasteiger partial charge is 0.257 e. The number of aryl methyl sites for hydroxylation is 1. The van der Waals surface area contributed by atoms with Crippen LogP contribution < -0.4 is 11.1 Å². The quantitative estimate of drug-likeness (QED) is 0.907. The van der Waals surface area contributed by atoms with Crippen LogP contribution in [0.4, 0.5) is 5.13 Å². The van der Waals surface area contributed by atoms with E-state index in [2.05, 4.69) is 15.5 Å². The maximum atomic E-state index is 11.9. The van der Waals surface area contributed by atoms with Crippen molar-refractivity contribution in [3.05, 3.63) is 40.4 Å². The molecule has 19 heavy (non-hydrogen) atoms. The molecule has 0 aliphatic heterocycles. The van der Waals surface area contributed by atoms with Gasteiger partial charge >= 0.3 is 0 Å². The highest BCUT2D eigenvalue weighted by molar-refractivity contribution is 7.15. The van der Waals surface area contributed by atoms with Crippen LogP contribution in [-0.4, -0.2) is 16.1 Å². The first-order chi connectivity index (χ1) is 8.72. The summed E-state index contributed by atoms with van der Waals surface area (Å²) in [4.78, 5) is 11.9. The normalized spacial score (nSPS) is 9.79. The zero-order chi connectivity index (χ0) is 13.0. The molecule has 102 valence electrons. The van der Waals surface area contributed by atoms with Crippen molar-refractivity contribution in [3.63, 3.8) is 0 Å². The third-order valence-electron chi connectivity index (χ3n) is 2.44. The van der Waals surface area contributed by atoms with Gasteiger partial charge in [-0.3, -0.25) is 10.1 Å². The molecule has 1 amide bonds. The van der Waals surface area contributed by atoms with Gasteiger partial charge in [-0.15, -0.1) is 22.6 Å². The molecule has 0 atom stereocenters. The molecule has 1 aromatic carbocycles. The molecule has 7 heteroatoms. The molecule has 5 nitrogen and oxygen atoms in total. The number of hydrogen-bond donors (Lipinski definition) is 2. The number of amides is 1. The van der Waals surface area contributed by atoms with Crippen molar-refractivity contribution in [2.24, 2.45) is 5.73 Å². The Bertz CT molecular complexity index is 541. The Labute approximate surface area is 121 Å². The molecule has 0 fully saturated rings. The minimum Gasteiger partial charge on any atom is -0.326 e. The first kappa shape index (κ1) is 15.6. The highest BCUT2D eigenvalue weighted by Gasteiger charge is 2.09. The van der Waals surface area contributed by atoms with Gasteiger partial charge in [-0.05, 0) is 24.1 Å². The summed E-state index contributed by atoms with van der Waals surface area (Å²) in [5.74, 6) is -0.183. The molecular weight excluding hydrogens is 284 g/mol. The van der Waals surface area contributed by atoms with Crippen LogP contribution in [0.1, 0.15) is 27.9 Å². The molecule has 0 bridgehead atoms. The van der Waals surface area contributed by atoms with Gasteiger partial charge in [0.15, 0.2) is 0 Å². The summed E-state index contributed by atoms with van der Waals surface area (Å²) in [6.07, 6.45) is 0.818. The van der Waals surface area contributed by atoms with Crippen LogP contribution in [0.3, 0.4) is 0 Å². The number of rotatable bonds is 4. The summed E-state index contributed by atoms with van der Waals surface area (Å²) in [6, 6.07) is 7.18. The zero-order valence-electron chi connectivity index (χ0n) is 10.4. The molecule has 1 aromatic heterocycles.